The number of hydrogen-bond donors (Lipinski definition) is 0. The number of piperidine rings is 2. The summed E-state index contributed by atoms with van der Waals surface area (Å²) in [6, 6.07) is 0. The molecule has 2 saturated heterocycles. The number of carbonyl (C=O) groups is 1. The lowest BCUT2D eigenvalue weighted by molar-refractivity contribution is -0.193. The number of likely N-dealkylation sites (tertiary alicyclic amines) is 2. The second-order valence-electron chi connectivity index (χ2n) is 13.4. The van der Waals surface area contributed by atoms with Crippen molar-refractivity contribution in [3.8, 4) is 0 Å². The first-order valence-corrected chi connectivity index (χ1v) is 17.8. The second-order valence-corrected chi connectivity index (χ2v) is 15.2. The molecule has 4 rings (SSSR count). The molecule has 0 aliphatic carbocycles. The predicted molar refractivity (Wildman–Crippen MR) is 180 cm³/mol. The number of nitrogens with zero attached hydrogens (tertiary/aromatic N) is 2. The molecule has 264 valence electrons. The average molecular weight is 699 g/mol. The van der Waals surface area contributed by atoms with Crippen LogP contribution < -0.4 is 0 Å². The van der Waals surface area contributed by atoms with Crippen LogP contribution in [0.1, 0.15) is 104 Å². The number of thiophene rings is 2. The van der Waals surface area contributed by atoms with Crippen LogP contribution in [0.3, 0.4) is 0 Å². The maximum atomic E-state index is 12.4. The number of amides is 1. The lowest BCUT2D eigenvalue weighted by Gasteiger charge is -2.35. The van der Waals surface area contributed by atoms with Gasteiger partial charge in [-0.3, -0.25) is 4.90 Å². The molecule has 2 aliphatic rings. The van der Waals surface area contributed by atoms with Crippen LogP contribution in [0.25, 0.3) is 0 Å². The highest BCUT2D eigenvalue weighted by Crippen LogP contribution is 2.39. The third kappa shape index (κ3) is 14.1. The molecule has 0 unspecified atom stereocenters. The number of aryl methyl sites for hydroxylation is 2. The number of rotatable bonds is 6. The fourth-order valence-corrected chi connectivity index (χ4v) is 8.56. The molecule has 0 aromatic carbocycles. The lowest BCUT2D eigenvalue weighted by Crippen LogP contribution is -2.42. The van der Waals surface area contributed by atoms with Crippen molar-refractivity contribution < 1.29 is 37.5 Å². The van der Waals surface area contributed by atoms with E-state index < -0.39 is 12.0 Å². The van der Waals surface area contributed by atoms with Crippen molar-refractivity contribution in [2.45, 2.75) is 112 Å². The molecule has 2 atom stereocenters. The molecule has 0 bridgehead atoms. The Morgan fingerprint density at radius 3 is 1.47 bits per heavy atom. The molecule has 0 saturated carbocycles. The van der Waals surface area contributed by atoms with Gasteiger partial charge in [0.2, 0.25) is 0 Å². The first kappa shape index (κ1) is 42.3. The molecule has 2 aliphatic heterocycles. The molecule has 2 aromatic heterocycles. The molecule has 47 heavy (non-hydrogen) atoms. The Kier molecular flexibility index (Phi) is 18.5. The SMILES string of the molecule is Cc1csc([C@H](C)C2CCN(C(=O)OC(C)(C)C)CC2)c1C.Cc1csc([C@H](C)C2CCN(CC(F)F)CC2)c1C.O=C=O.O=C=O. The minimum absolute atomic E-state index is 0.0573. The van der Waals surface area contributed by atoms with Crippen molar-refractivity contribution in [3.63, 3.8) is 0 Å². The maximum absolute atomic E-state index is 12.4. The van der Waals surface area contributed by atoms with E-state index in [0.717, 1.165) is 51.9 Å². The molecule has 4 heterocycles. The van der Waals surface area contributed by atoms with Crippen LogP contribution in [0, 0.1) is 39.5 Å². The molecular weight excluding hydrogens is 647 g/mol. The van der Waals surface area contributed by atoms with E-state index in [-0.39, 0.29) is 24.9 Å². The van der Waals surface area contributed by atoms with Crippen LogP contribution in [-0.4, -0.2) is 72.9 Å². The Bertz CT molecular complexity index is 1280. The quantitative estimate of drug-likeness (QED) is 0.299. The molecule has 1 amide bonds. The Morgan fingerprint density at radius 1 is 0.809 bits per heavy atom. The van der Waals surface area contributed by atoms with Gasteiger partial charge in [0.25, 0.3) is 6.43 Å². The van der Waals surface area contributed by atoms with Crippen molar-refractivity contribution in [2.75, 3.05) is 32.7 Å². The standard InChI is InChI=1S/C18H29NO2S.C15H23F2NS.2CO2/c1-12-11-22-16(13(12)2)14(3)15-7-9-19(10-8-15)17(20)21-18(4,5)6;1-10-9-19-15(11(10)2)12(3)13-4-6-18(7-5-13)8-14(16)17;2*2-1-3/h11,14-15H,7-10H2,1-6H3;9,12-14H,4-8H2,1-3H3;;/t14-;12-;;/m11../s1. The van der Waals surface area contributed by atoms with E-state index >= 15 is 0 Å². The predicted octanol–water partition coefficient (Wildman–Crippen LogP) is 8.39. The van der Waals surface area contributed by atoms with Crippen LogP contribution in [-0.2, 0) is 23.9 Å². The number of hydrogen-bond acceptors (Lipinski definition) is 9. The molecule has 8 nitrogen and oxygen atoms in total. The van der Waals surface area contributed by atoms with Crippen LogP contribution in [0.15, 0.2) is 10.8 Å². The van der Waals surface area contributed by atoms with Gasteiger partial charge in [0.05, 0.1) is 6.54 Å². The van der Waals surface area contributed by atoms with E-state index in [1.807, 2.05) is 53.2 Å². The van der Waals surface area contributed by atoms with Gasteiger partial charge in [0.15, 0.2) is 0 Å². The average Bonchev–Trinajstić information content (AvgIpc) is 3.52. The van der Waals surface area contributed by atoms with Crippen molar-refractivity contribution in [1.82, 2.24) is 9.80 Å². The van der Waals surface area contributed by atoms with Gasteiger partial charge in [0.1, 0.15) is 5.60 Å². The Labute approximate surface area is 286 Å². The molecular formula is C35H52F2N2O6S2. The van der Waals surface area contributed by atoms with E-state index in [4.69, 9.17) is 23.9 Å². The number of ether oxygens (including phenoxy) is 1. The Balaban J connectivity index is 0.000000405. The minimum atomic E-state index is -2.20. The third-order valence-corrected chi connectivity index (χ3v) is 11.9. The molecule has 0 spiro atoms. The van der Waals surface area contributed by atoms with Gasteiger partial charge in [-0.2, -0.15) is 19.2 Å². The molecule has 2 fully saturated rings. The van der Waals surface area contributed by atoms with Gasteiger partial charge < -0.3 is 9.64 Å². The normalized spacial score (nSPS) is 17.1. The van der Waals surface area contributed by atoms with Gasteiger partial charge in [-0.05, 0) is 144 Å². The zero-order valence-electron chi connectivity index (χ0n) is 29.3. The number of alkyl halides is 2. The number of halogens is 2. The second kappa shape index (κ2) is 20.6. The summed E-state index contributed by atoms with van der Waals surface area (Å²) in [4.78, 5) is 51.4. The molecule has 0 radical (unpaired) electrons. The highest BCUT2D eigenvalue weighted by Gasteiger charge is 2.31. The first-order chi connectivity index (χ1) is 22.0. The molecule has 2 aromatic rings. The number of carbonyl (C=O) groups excluding carboxylic acids is 5. The van der Waals surface area contributed by atoms with E-state index in [9.17, 15) is 13.6 Å². The third-order valence-electron chi connectivity index (χ3n) is 9.11. The summed E-state index contributed by atoms with van der Waals surface area (Å²) in [5.74, 6) is 2.45. The van der Waals surface area contributed by atoms with E-state index in [2.05, 4.69) is 52.3 Å². The van der Waals surface area contributed by atoms with Gasteiger partial charge >= 0.3 is 18.4 Å². The largest absolute Gasteiger partial charge is 0.444 e. The fraction of sp³-hybridized carbons (Fsp3) is 0.686. The first-order valence-electron chi connectivity index (χ1n) is 16.1. The van der Waals surface area contributed by atoms with Crippen molar-refractivity contribution in [3.05, 3.63) is 42.8 Å². The highest BCUT2D eigenvalue weighted by molar-refractivity contribution is 7.10. The van der Waals surface area contributed by atoms with Crippen molar-refractivity contribution in [2.24, 2.45) is 11.8 Å². The van der Waals surface area contributed by atoms with Crippen molar-refractivity contribution in [1.29, 1.82) is 0 Å². The summed E-state index contributed by atoms with van der Waals surface area (Å²) < 4.78 is 30.2. The summed E-state index contributed by atoms with van der Waals surface area (Å²) in [5.41, 5.74) is 5.24. The van der Waals surface area contributed by atoms with E-state index in [1.54, 1.807) is 0 Å². The van der Waals surface area contributed by atoms with Gasteiger partial charge in [0, 0.05) is 22.8 Å². The summed E-state index contributed by atoms with van der Waals surface area (Å²) in [6.07, 6.45) is 2.36. The molecule has 0 N–H and O–H groups in total. The zero-order valence-corrected chi connectivity index (χ0v) is 31.0. The minimum Gasteiger partial charge on any atom is -0.444 e. The fourth-order valence-electron chi connectivity index (χ4n) is 6.11. The monoisotopic (exact) mass is 698 g/mol. The summed E-state index contributed by atoms with van der Waals surface area (Å²) in [5, 5.41) is 4.49. The maximum Gasteiger partial charge on any atom is 0.410 e. The van der Waals surface area contributed by atoms with Crippen LogP contribution >= 0.6 is 22.7 Å². The highest BCUT2D eigenvalue weighted by atomic mass is 32.1. The van der Waals surface area contributed by atoms with Gasteiger partial charge in [-0.1, -0.05) is 13.8 Å². The summed E-state index contributed by atoms with van der Waals surface area (Å²) in [7, 11) is 0. The topological polar surface area (TPSA) is 101 Å². The van der Waals surface area contributed by atoms with Crippen LogP contribution in [0.4, 0.5) is 13.6 Å². The van der Waals surface area contributed by atoms with Gasteiger partial charge in [-0.25, -0.2) is 13.6 Å². The molecule has 12 heteroatoms. The van der Waals surface area contributed by atoms with Crippen LogP contribution in [0.5, 0.6) is 0 Å². The summed E-state index contributed by atoms with van der Waals surface area (Å²) >= 11 is 3.74. The van der Waals surface area contributed by atoms with Crippen molar-refractivity contribution >= 4 is 41.1 Å². The lowest BCUT2D eigenvalue weighted by atomic mass is 9.83. The Hall–Kier alpha value is -2.75. The van der Waals surface area contributed by atoms with Gasteiger partial charge in [-0.15, -0.1) is 22.7 Å². The Morgan fingerprint density at radius 2 is 1.17 bits per heavy atom. The van der Waals surface area contributed by atoms with Crippen LogP contribution in [0.2, 0.25) is 0 Å². The summed E-state index contributed by atoms with van der Waals surface area (Å²) in [6.45, 7) is 22.4. The van der Waals surface area contributed by atoms with E-state index in [1.165, 1.54) is 32.0 Å². The smallest absolute Gasteiger partial charge is 0.410 e. The van der Waals surface area contributed by atoms with E-state index in [0.29, 0.717) is 23.7 Å². The zero-order chi connectivity index (χ0) is 35.9.